The van der Waals surface area contributed by atoms with Gasteiger partial charge in [0, 0.05) is 0 Å². The van der Waals surface area contributed by atoms with Crippen LogP contribution < -0.4 is 43.1 Å². The lowest BCUT2D eigenvalue weighted by atomic mass is 10.0. The molecule has 6 heteroatoms. The minimum Gasteiger partial charge on any atom is -1.00 e. The van der Waals surface area contributed by atoms with Gasteiger partial charge in [-0.05, 0) is 51.4 Å². The lowest BCUT2D eigenvalue weighted by Crippen LogP contribution is -3.00. The summed E-state index contributed by atoms with van der Waals surface area (Å²) in [5, 5.41) is 0. The van der Waals surface area contributed by atoms with Crippen molar-refractivity contribution in [1.29, 1.82) is 0 Å². The quantitative estimate of drug-likeness (QED) is 0.0472. The first-order valence-electron chi connectivity index (χ1n) is 20.2. The van der Waals surface area contributed by atoms with E-state index in [1.807, 2.05) is 12.2 Å². The summed E-state index contributed by atoms with van der Waals surface area (Å²) in [5.74, 6) is 0. The number of aryl methyl sites for hydroxylation is 4. The highest BCUT2D eigenvalue weighted by atomic mass is 79.9. The van der Waals surface area contributed by atoms with Crippen molar-refractivity contribution in [3.05, 3.63) is 87.1 Å². The van der Waals surface area contributed by atoms with Gasteiger partial charge in [-0.25, -0.2) is 18.3 Å². The highest BCUT2D eigenvalue weighted by Crippen LogP contribution is 2.14. The van der Waals surface area contributed by atoms with Crippen molar-refractivity contribution in [2.45, 2.75) is 180 Å². The number of hydrogen-bond acceptors (Lipinski definition) is 0. The summed E-state index contributed by atoms with van der Waals surface area (Å²) in [6.07, 6.45) is 61.3. The summed E-state index contributed by atoms with van der Waals surface area (Å²) in [4.78, 5) is 0. The standard InChI is InChI=1S/2C22H39N2.2BrH/c2*1-3-4-5-6-7-8-9-10-11-12-13-14-15-16-17-18-19-24-21-20-23(2)22-24;;/h2*3-5,20-22H,1,6-19H2,2H3;2*1H/q2*+1;;/p-2. The van der Waals surface area contributed by atoms with Gasteiger partial charge < -0.3 is 34.0 Å². The van der Waals surface area contributed by atoms with Crippen LogP contribution in [-0.4, -0.2) is 9.13 Å². The van der Waals surface area contributed by atoms with Crippen LogP contribution in [0, 0.1) is 0 Å². The predicted molar refractivity (Wildman–Crippen MR) is 210 cm³/mol. The Labute approximate surface area is 331 Å². The molecule has 2 aromatic heterocycles. The summed E-state index contributed by atoms with van der Waals surface area (Å²) >= 11 is 0. The van der Waals surface area contributed by atoms with E-state index in [-0.39, 0.29) is 34.0 Å². The Morgan fingerprint density at radius 2 is 0.680 bits per heavy atom. The lowest BCUT2D eigenvalue weighted by molar-refractivity contribution is -0.697. The molecule has 50 heavy (non-hydrogen) atoms. The molecule has 288 valence electrons. The van der Waals surface area contributed by atoms with E-state index in [0.29, 0.717) is 0 Å². The molecule has 0 aliphatic rings. The van der Waals surface area contributed by atoms with E-state index in [0.717, 1.165) is 0 Å². The van der Waals surface area contributed by atoms with Crippen molar-refractivity contribution in [3.8, 4) is 0 Å². The van der Waals surface area contributed by atoms with Gasteiger partial charge in [0.2, 0.25) is 12.7 Å². The van der Waals surface area contributed by atoms with Crippen LogP contribution in [0.3, 0.4) is 0 Å². The Hall–Kier alpha value is -1.66. The van der Waals surface area contributed by atoms with Gasteiger partial charge in [0.05, 0.1) is 27.2 Å². The van der Waals surface area contributed by atoms with Crippen molar-refractivity contribution < 1.29 is 43.1 Å². The van der Waals surface area contributed by atoms with Crippen molar-refractivity contribution >= 4 is 0 Å². The topological polar surface area (TPSA) is 17.6 Å². The van der Waals surface area contributed by atoms with E-state index < -0.39 is 0 Å². The SMILES string of the molecule is C=CC=CCCCCCCCCCCCCCC[n+]1ccn(C)c1.C=CC=CCCCCCCCCCCCCCC[n+]1ccn(C)c1.[Br-].[Br-]. The van der Waals surface area contributed by atoms with Crippen LogP contribution in [0.4, 0.5) is 0 Å². The van der Waals surface area contributed by atoms with Gasteiger partial charge in [-0.3, -0.25) is 0 Å². The molecule has 0 amide bonds. The number of hydrogen-bond donors (Lipinski definition) is 0. The molecular weight excluding hydrogens is 744 g/mol. The molecule has 2 heterocycles. The summed E-state index contributed by atoms with van der Waals surface area (Å²) in [6, 6.07) is 0. The predicted octanol–water partition coefficient (Wildman–Crippen LogP) is 6.26. The Balaban J connectivity index is 0. The fourth-order valence-electron chi connectivity index (χ4n) is 6.30. The monoisotopic (exact) mass is 820 g/mol. The average Bonchev–Trinajstić information content (AvgIpc) is 3.71. The molecule has 0 fully saturated rings. The second kappa shape index (κ2) is 40.1. The maximum atomic E-state index is 3.69. The molecule has 0 aliphatic carbocycles. The summed E-state index contributed by atoms with van der Waals surface area (Å²) in [6.45, 7) is 9.72. The maximum Gasteiger partial charge on any atom is 0.243 e. The molecule has 0 saturated carbocycles. The number of allylic oxidation sites excluding steroid dienone is 6. The van der Waals surface area contributed by atoms with Gasteiger partial charge in [0.15, 0.2) is 0 Å². The average molecular weight is 823 g/mol. The number of unbranched alkanes of at least 4 members (excludes halogenated alkanes) is 24. The van der Waals surface area contributed by atoms with E-state index in [1.165, 1.54) is 180 Å². The Morgan fingerprint density at radius 1 is 0.420 bits per heavy atom. The van der Waals surface area contributed by atoms with E-state index in [2.05, 4.69) is 107 Å². The van der Waals surface area contributed by atoms with Crippen LogP contribution in [0.15, 0.2) is 87.1 Å². The van der Waals surface area contributed by atoms with E-state index in [1.54, 1.807) is 0 Å². The fraction of sp³-hybridized carbons (Fsp3) is 0.682. The van der Waals surface area contributed by atoms with Crippen LogP contribution in [0.25, 0.3) is 0 Å². The van der Waals surface area contributed by atoms with Crippen LogP contribution in [-0.2, 0) is 27.2 Å². The zero-order chi connectivity index (χ0) is 34.6. The third-order valence-electron chi connectivity index (χ3n) is 9.27. The highest BCUT2D eigenvalue weighted by molar-refractivity contribution is 4.97. The van der Waals surface area contributed by atoms with Gasteiger partial charge in [-0.2, -0.15) is 0 Å². The number of imidazole rings is 2. The molecule has 0 atom stereocenters. The smallest absolute Gasteiger partial charge is 0.243 e. The van der Waals surface area contributed by atoms with E-state index >= 15 is 0 Å². The Bertz CT molecular complexity index is 956. The van der Waals surface area contributed by atoms with Gasteiger partial charge in [-0.15, -0.1) is 0 Å². The van der Waals surface area contributed by atoms with Gasteiger partial charge in [0.25, 0.3) is 0 Å². The zero-order valence-electron chi connectivity index (χ0n) is 32.7. The van der Waals surface area contributed by atoms with Crippen LogP contribution in [0.2, 0.25) is 0 Å². The first-order valence-corrected chi connectivity index (χ1v) is 20.2. The van der Waals surface area contributed by atoms with Crippen molar-refractivity contribution in [1.82, 2.24) is 9.13 Å². The third kappa shape index (κ3) is 34.8. The molecular formula is C44H78Br2N4. The van der Waals surface area contributed by atoms with Crippen molar-refractivity contribution in [3.63, 3.8) is 0 Å². The maximum absolute atomic E-state index is 3.69. The number of aromatic nitrogens is 4. The molecule has 0 radical (unpaired) electrons. The summed E-state index contributed by atoms with van der Waals surface area (Å²) in [5.41, 5.74) is 0. The van der Waals surface area contributed by atoms with Crippen LogP contribution in [0.5, 0.6) is 0 Å². The number of halogens is 2. The molecule has 0 N–H and O–H groups in total. The molecule has 0 spiro atoms. The highest BCUT2D eigenvalue weighted by Gasteiger charge is 2.01. The summed E-state index contributed by atoms with van der Waals surface area (Å²) < 4.78 is 8.80. The van der Waals surface area contributed by atoms with Gasteiger partial charge in [0.1, 0.15) is 24.8 Å². The first kappa shape index (κ1) is 50.4. The van der Waals surface area contributed by atoms with Crippen LogP contribution in [0.1, 0.15) is 167 Å². The largest absolute Gasteiger partial charge is 1.00 e. The molecule has 0 aliphatic heterocycles. The van der Waals surface area contributed by atoms with Crippen molar-refractivity contribution in [2.75, 3.05) is 0 Å². The molecule has 0 aromatic carbocycles. The van der Waals surface area contributed by atoms with Gasteiger partial charge in [-0.1, -0.05) is 165 Å². The fourth-order valence-corrected chi connectivity index (χ4v) is 6.30. The summed E-state index contributed by atoms with van der Waals surface area (Å²) in [7, 11) is 4.16. The first-order chi connectivity index (χ1) is 23.7. The minimum atomic E-state index is 0. The van der Waals surface area contributed by atoms with Crippen molar-refractivity contribution in [2.24, 2.45) is 14.1 Å². The van der Waals surface area contributed by atoms with E-state index in [4.69, 9.17) is 0 Å². The lowest BCUT2D eigenvalue weighted by Gasteiger charge is -2.02. The Morgan fingerprint density at radius 3 is 0.920 bits per heavy atom. The zero-order valence-corrected chi connectivity index (χ0v) is 35.9. The second-order valence-electron chi connectivity index (χ2n) is 14.0. The van der Waals surface area contributed by atoms with Crippen LogP contribution >= 0.6 is 0 Å². The van der Waals surface area contributed by atoms with Gasteiger partial charge >= 0.3 is 0 Å². The normalized spacial score (nSPS) is 10.9. The molecule has 4 nitrogen and oxygen atoms in total. The number of rotatable bonds is 32. The molecule has 2 aromatic rings. The minimum absolute atomic E-state index is 0. The second-order valence-corrected chi connectivity index (χ2v) is 14.0. The Kier molecular flexibility index (Phi) is 40.5. The molecule has 0 unspecified atom stereocenters. The van der Waals surface area contributed by atoms with E-state index in [9.17, 15) is 0 Å². The molecule has 0 bridgehead atoms. The third-order valence-corrected chi connectivity index (χ3v) is 9.27. The molecule has 2 rings (SSSR count). The molecule has 0 saturated heterocycles. The number of nitrogens with zero attached hydrogens (tertiary/aromatic N) is 4.